The summed E-state index contributed by atoms with van der Waals surface area (Å²) in [7, 11) is 0. The summed E-state index contributed by atoms with van der Waals surface area (Å²) < 4.78 is 11.1. The molecule has 0 fully saturated rings. The predicted molar refractivity (Wildman–Crippen MR) is 80.2 cm³/mol. The van der Waals surface area contributed by atoms with Gasteiger partial charge in [-0.05, 0) is 46.8 Å². The van der Waals surface area contributed by atoms with Crippen molar-refractivity contribution in [3.05, 3.63) is 24.3 Å². The maximum Gasteiger partial charge on any atom is 0.260 e. The van der Waals surface area contributed by atoms with Crippen LogP contribution in [0.2, 0.25) is 0 Å². The van der Waals surface area contributed by atoms with E-state index in [2.05, 4.69) is 0 Å². The smallest absolute Gasteiger partial charge is 0.260 e. The highest BCUT2D eigenvalue weighted by atomic mass is 16.5. The number of ether oxygens (including phenoxy) is 2. The molecule has 0 spiro atoms. The Morgan fingerprint density at radius 3 is 2.00 bits per heavy atom. The van der Waals surface area contributed by atoms with Gasteiger partial charge in [0.2, 0.25) is 0 Å². The van der Waals surface area contributed by atoms with Gasteiger partial charge in [0.15, 0.2) is 18.1 Å². The van der Waals surface area contributed by atoms with Gasteiger partial charge in [0.05, 0.1) is 6.61 Å². The molecule has 4 nitrogen and oxygen atoms in total. The average molecular weight is 279 g/mol. The third-order valence-corrected chi connectivity index (χ3v) is 2.90. The molecule has 0 aliphatic rings. The Morgan fingerprint density at radius 1 is 1.05 bits per heavy atom. The van der Waals surface area contributed by atoms with E-state index in [0.29, 0.717) is 18.1 Å². The van der Waals surface area contributed by atoms with Gasteiger partial charge in [-0.1, -0.05) is 12.1 Å². The normalized spacial score (nSPS) is 10.8. The van der Waals surface area contributed by atoms with Crippen LogP contribution < -0.4 is 9.47 Å². The fourth-order valence-corrected chi connectivity index (χ4v) is 2.23. The zero-order valence-electron chi connectivity index (χ0n) is 13.1. The van der Waals surface area contributed by atoms with Gasteiger partial charge < -0.3 is 14.4 Å². The van der Waals surface area contributed by atoms with Crippen LogP contribution in [-0.4, -0.2) is 36.1 Å². The van der Waals surface area contributed by atoms with Gasteiger partial charge in [-0.15, -0.1) is 0 Å². The molecular weight excluding hydrogens is 254 g/mol. The number of para-hydroxylation sites is 2. The lowest BCUT2D eigenvalue weighted by Crippen LogP contribution is -2.44. The predicted octanol–water partition coefficient (Wildman–Crippen LogP) is 3.11. The number of nitrogens with zero attached hydrogens (tertiary/aromatic N) is 1. The lowest BCUT2D eigenvalue weighted by atomic mass is 10.2. The van der Waals surface area contributed by atoms with Crippen molar-refractivity contribution in [2.75, 3.05) is 13.2 Å². The van der Waals surface area contributed by atoms with Crippen LogP contribution >= 0.6 is 0 Å². The molecule has 1 aromatic rings. The highest BCUT2D eigenvalue weighted by Crippen LogP contribution is 2.26. The second-order valence-electron chi connectivity index (χ2n) is 5.16. The molecule has 1 rings (SSSR count). The van der Waals surface area contributed by atoms with Crippen LogP contribution in [0.4, 0.5) is 0 Å². The van der Waals surface area contributed by atoms with Crippen molar-refractivity contribution >= 4 is 5.91 Å². The van der Waals surface area contributed by atoms with Gasteiger partial charge in [0.25, 0.3) is 5.91 Å². The summed E-state index contributed by atoms with van der Waals surface area (Å²) in [4.78, 5) is 14.1. The standard InChI is InChI=1S/C16H25NO3/c1-6-19-14-9-7-8-10-15(14)20-11-16(18)17(12(2)3)13(4)5/h7-10,12-13H,6,11H2,1-5H3. The molecule has 4 heteroatoms. The molecule has 0 N–H and O–H groups in total. The zero-order chi connectivity index (χ0) is 15.1. The Morgan fingerprint density at radius 2 is 1.55 bits per heavy atom. The highest BCUT2D eigenvalue weighted by Gasteiger charge is 2.20. The van der Waals surface area contributed by atoms with Crippen LogP contribution in [0.25, 0.3) is 0 Å². The maximum atomic E-state index is 12.2. The zero-order valence-corrected chi connectivity index (χ0v) is 13.1. The molecule has 0 aliphatic carbocycles. The number of amides is 1. The fourth-order valence-electron chi connectivity index (χ4n) is 2.23. The Balaban J connectivity index is 2.69. The molecule has 1 aromatic carbocycles. The average Bonchev–Trinajstić information content (AvgIpc) is 2.37. The highest BCUT2D eigenvalue weighted by molar-refractivity contribution is 5.78. The molecule has 0 atom stereocenters. The van der Waals surface area contributed by atoms with Gasteiger partial charge in [0.1, 0.15) is 0 Å². The molecule has 0 unspecified atom stereocenters. The first-order chi connectivity index (χ1) is 9.47. The van der Waals surface area contributed by atoms with Crippen molar-refractivity contribution in [3.63, 3.8) is 0 Å². The van der Waals surface area contributed by atoms with Gasteiger partial charge >= 0.3 is 0 Å². The molecule has 0 aliphatic heterocycles. The minimum absolute atomic E-state index is 0.0127. The SMILES string of the molecule is CCOc1ccccc1OCC(=O)N(C(C)C)C(C)C. The summed E-state index contributed by atoms with van der Waals surface area (Å²) in [6, 6.07) is 7.72. The minimum atomic E-state index is -0.0127. The molecule has 0 radical (unpaired) electrons. The van der Waals surface area contributed by atoms with E-state index in [4.69, 9.17) is 9.47 Å². The molecule has 20 heavy (non-hydrogen) atoms. The van der Waals surface area contributed by atoms with E-state index < -0.39 is 0 Å². The van der Waals surface area contributed by atoms with Crippen molar-refractivity contribution in [3.8, 4) is 11.5 Å². The number of hydrogen-bond acceptors (Lipinski definition) is 3. The van der Waals surface area contributed by atoms with Crippen molar-refractivity contribution < 1.29 is 14.3 Å². The number of carbonyl (C=O) groups excluding carboxylic acids is 1. The second-order valence-corrected chi connectivity index (χ2v) is 5.16. The molecule has 1 amide bonds. The number of hydrogen-bond donors (Lipinski definition) is 0. The summed E-state index contributed by atoms with van der Waals surface area (Å²) in [6.07, 6.45) is 0. The van der Waals surface area contributed by atoms with Gasteiger partial charge in [-0.3, -0.25) is 4.79 Å². The molecule has 0 aromatic heterocycles. The van der Waals surface area contributed by atoms with Gasteiger partial charge in [-0.2, -0.15) is 0 Å². The van der Waals surface area contributed by atoms with E-state index in [1.165, 1.54) is 0 Å². The van der Waals surface area contributed by atoms with Crippen LogP contribution in [-0.2, 0) is 4.79 Å². The van der Waals surface area contributed by atoms with E-state index in [9.17, 15) is 4.79 Å². The van der Waals surface area contributed by atoms with Crippen LogP contribution in [0, 0.1) is 0 Å². The molecule has 0 heterocycles. The van der Waals surface area contributed by atoms with E-state index in [-0.39, 0.29) is 24.6 Å². The quantitative estimate of drug-likeness (QED) is 0.770. The maximum absolute atomic E-state index is 12.2. The molecule has 0 saturated carbocycles. The Bertz CT molecular complexity index is 421. The van der Waals surface area contributed by atoms with Crippen molar-refractivity contribution in [2.45, 2.75) is 46.7 Å². The topological polar surface area (TPSA) is 38.8 Å². The van der Waals surface area contributed by atoms with Gasteiger partial charge in [0, 0.05) is 12.1 Å². The molecule has 112 valence electrons. The minimum Gasteiger partial charge on any atom is -0.490 e. The molecule has 0 saturated heterocycles. The summed E-state index contributed by atoms with van der Waals surface area (Å²) >= 11 is 0. The summed E-state index contributed by atoms with van der Waals surface area (Å²) in [5.41, 5.74) is 0. The van der Waals surface area contributed by atoms with Crippen LogP contribution in [0.5, 0.6) is 11.5 Å². The lowest BCUT2D eigenvalue weighted by molar-refractivity contribution is -0.137. The molecular formula is C16H25NO3. The third kappa shape index (κ3) is 4.44. The number of carbonyl (C=O) groups is 1. The second kappa shape index (κ2) is 7.78. The number of benzene rings is 1. The van der Waals surface area contributed by atoms with Crippen molar-refractivity contribution in [1.82, 2.24) is 4.90 Å². The first-order valence-electron chi connectivity index (χ1n) is 7.13. The first-order valence-corrected chi connectivity index (χ1v) is 7.13. The van der Waals surface area contributed by atoms with E-state index in [1.54, 1.807) is 0 Å². The summed E-state index contributed by atoms with van der Waals surface area (Å²) in [6.45, 7) is 10.5. The van der Waals surface area contributed by atoms with Crippen molar-refractivity contribution in [1.29, 1.82) is 0 Å². The third-order valence-electron chi connectivity index (χ3n) is 2.90. The number of rotatable bonds is 7. The first kappa shape index (κ1) is 16.3. The van der Waals surface area contributed by atoms with E-state index in [1.807, 2.05) is 63.8 Å². The van der Waals surface area contributed by atoms with Crippen molar-refractivity contribution in [2.24, 2.45) is 0 Å². The monoisotopic (exact) mass is 279 g/mol. The van der Waals surface area contributed by atoms with E-state index in [0.717, 1.165) is 0 Å². The van der Waals surface area contributed by atoms with Gasteiger partial charge in [-0.25, -0.2) is 0 Å². The van der Waals surface area contributed by atoms with Crippen LogP contribution in [0.15, 0.2) is 24.3 Å². The van der Waals surface area contributed by atoms with Crippen LogP contribution in [0.1, 0.15) is 34.6 Å². The largest absolute Gasteiger partial charge is 0.490 e. The summed E-state index contributed by atoms with van der Waals surface area (Å²) in [5, 5.41) is 0. The van der Waals surface area contributed by atoms with E-state index >= 15 is 0 Å². The Labute approximate surface area is 121 Å². The lowest BCUT2D eigenvalue weighted by Gasteiger charge is -2.30. The molecule has 0 bridgehead atoms. The fraction of sp³-hybridized carbons (Fsp3) is 0.562. The Hall–Kier alpha value is -1.71. The Kier molecular flexibility index (Phi) is 6.36. The summed E-state index contributed by atoms with van der Waals surface area (Å²) in [5.74, 6) is 1.26. The van der Waals surface area contributed by atoms with Crippen LogP contribution in [0.3, 0.4) is 0 Å².